The van der Waals surface area contributed by atoms with E-state index in [2.05, 4.69) is 21.0 Å². The van der Waals surface area contributed by atoms with E-state index in [1.54, 1.807) is 23.2 Å². The third-order valence-electron chi connectivity index (χ3n) is 2.97. The summed E-state index contributed by atoms with van der Waals surface area (Å²) in [5, 5.41) is 6.03. The normalized spacial score (nSPS) is 10.8. The van der Waals surface area contributed by atoms with Crippen molar-refractivity contribution in [2.75, 3.05) is 13.1 Å². The summed E-state index contributed by atoms with van der Waals surface area (Å²) in [6.45, 7) is 5.15. The van der Waals surface area contributed by atoms with Crippen molar-refractivity contribution in [3.8, 4) is 0 Å². The molecule has 8 heteroatoms. The summed E-state index contributed by atoms with van der Waals surface area (Å²) in [7, 11) is 0. The highest BCUT2D eigenvalue weighted by Gasteiger charge is 2.17. The van der Waals surface area contributed by atoms with Gasteiger partial charge < -0.3 is 4.90 Å². The molecule has 2 rings (SSSR count). The molecule has 0 aliphatic carbocycles. The van der Waals surface area contributed by atoms with E-state index < -0.39 is 0 Å². The Balaban J connectivity index is 2.22. The van der Waals surface area contributed by atoms with Crippen LogP contribution in [0.1, 0.15) is 13.8 Å². The van der Waals surface area contributed by atoms with Crippen LogP contribution in [0.2, 0.25) is 10.0 Å². The van der Waals surface area contributed by atoms with E-state index in [1.165, 1.54) is 16.4 Å². The summed E-state index contributed by atoms with van der Waals surface area (Å²) >= 11 is 16.8. The molecule has 2 aromatic rings. The van der Waals surface area contributed by atoms with Crippen LogP contribution < -0.4 is 0 Å². The van der Waals surface area contributed by atoms with Crippen LogP contribution in [0.4, 0.5) is 4.79 Å². The van der Waals surface area contributed by atoms with E-state index >= 15 is 0 Å². The van der Waals surface area contributed by atoms with Gasteiger partial charge in [0, 0.05) is 18.0 Å². The van der Waals surface area contributed by atoms with E-state index in [-0.39, 0.29) is 6.03 Å². The van der Waals surface area contributed by atoms with E-state index in [1.807, 2.05) is 19.9 Å². The van der Waals surface area contributed by atoms with Gasteiger partial charge in [-0.25, -0.2) is 4.79 Å². The minimum Gasteiger partial charge on any atom is -0.323 e. The van der Waals surface area contributed by atoms with Crippen molar-refractivity contribution in [1.82, 2.24) is 14.7 Å². The number of halogens is 3. The van der Waals surface area contributed by atoms with Crippen LogP contribution in [0.3, 0.4) is 0 Å². The van der Waals surface area contributed by atoms with Crippen molar-refractivity contribution in [3.05, 3.63) is 38.9 Å². The number of amides is 1. The quantitative estimate of drug-likeness (QED) is 0.660. The van der Waals surface area contributed by atoms with Crippen LogP contribution in [0.5, 0.6) is 0 Å². The molecular formula is C14H14BrCl2N3OS. The molecule has 0 bridgehead atoms. The number of rotatable bonds is 4. The molecule has 22 heavy (non-hydrogen) atoms. The molecule has 0 N–H and O–H groups in total. The van der Waals surface area contributed by atoms with Crippen LogP contribution >= 0.6 is 50.9 Å². The summed E-state index contributed by atoms with van der Waals surface area (Å²) in [6.07, 6.45) is 1.67. The van der Waals surface area contributed by atoms with Gasteiger partial charge in [0.15, 0.2) is 0 Å². The number of aromatic nitrogens is 2. The van der Waals surface area contributed by atoms with E-state index in [9.17, 15) is 4.79 Å². The Hall–Kier alpha value is -0.690. The minimum atomic E-state index is -0.147. The Kier molecular flexibility index (Phi) is 6.20. The molecule has 0 saturated carbocycles. The first-order valence-electron chi connectivity index (χ1n) is 6.63. The third-order valence-corrected chi connectivity index (χ3v) is 5.54. The summed E-state index contributed by atoms with van der Waals surface area (Å²) in [5.74, 6) is 0. The first-order valence-corrected chi connectivity index (χ1v) is 9.00. The molecule has 0 atom stereocenters. The molecule has 118 valence electrons. The molecule has 0 aliphatic rings. The predicted octanol–water partition coefficient (Wildman–Crippen LogP) is 5.41. The summed E-state index contributed by atoms with van der Waals surface area (Å²) < 4.78 is 2.10. The molecule has 0 saturated heterocycles. The van der Waals surface area contributed by atoms with Gasteiger partial charge in [-0.05, 0) is 48.0 Å². The molecule has 1 heterocycles. The van der Waals surface area contributed by atoms with Gasteiger partial charge in [0.2, 0.25) is 0 Å². The molecule has 0 unspecified atom stereocenters. The van der Waals surface area contributed by atoms with Crippen LogP contribution in [-0.2, 0) is 0 Å². The number of nitrogens with zero attached hydrogens (tertiary/aromatic N) is 3. The van der Waals surface area contributed by atoms with Gasteiger partial charge in [-0.3, -0.25) is 0 Å². The highest BCUT2D eigenvalue weighted by Crippen LogP contribution is 2.35. The van der Waals surface area contributed by atoms with Crippen LogP contribution in [-0.4, -0.2) is 33.8 Å². The first kappa shape index (κ1) is 17.7. The van der Waals surface area contributed by atoms with Gasteiger partial charge in [0.1, 0.15) is 5.03 Å². The van der Waals surface area contributed by atoms with Gasteiger partial charge in [0.05, 0.1) is 20.7 Å². The monoisotopic (exact) mass is 421 g/mol. The molecule has 0 aliphatic heterocycles. The van der Waals surface area contributed by atoms with Crippen molar-refractivity contribution in [2.24, 2.45) is 0 Å². The Bertz CT molecular complexity index is 689. The second-order valence-corrected chi connectivity index (χ2v) is 7.09. The average molecular weight is 423 g/mol. The topological polar surface area (TPSA) is 38.1 Å². The second kappa shape index (κ2) is 7.73. The van der Waals surface area contributed by atoms with Crippen molar-refractivity contribution in [1.29, 1.82) is 0 Å². The minimum absolute atomic E-state index is 0.147. The Labute approximate surface area is 151 Å². The molecular weight excluding hydrogens is 409 g/mol. The number of hydrogen-bond donors (Lipinski definition) is 0. The molecule has 1 aromatic heterocycles. The summed E-state index contributed by atoms with van der Waals surface area (Å²) in [5.41, 5.74) is 0. The molecule has 1 aromatic carbocycles. The van der Waals surface area contributed by atoms with Crippen LogP contribution in [0.15, 0.2) is 38.8 Å². The van der Waals surface area contributed by atoms with Gasteiger partial charge in [-0.2, -0.15) is 9.78 Å². The number of benzene rings is 1. The van der Waals surface area contributed by atoms with E-state index in [0.717, 1.165) is 9.37 Å². The summed E-state index contributed by atoms with van der Waals surface area (Å²) in [4.78, 5) is 14.9. The predicted molar refractivity (Wildman–Crippen MR) is 94.2 cm³/mol. The zero-order valence-electron chi connectivity index (χ0n) is 12.0. The maximum Gasteiger partial charge on any atom is 0.344 e. The van der Waals surface area contributed by atoms with Crippen LogP contribution in [0, 0.1) is 0 Å². The van der Waals surface area contributed by atoms with Crippen molar-refractivity contribution < 1.29 is 4.79 Å². The fraction of sp³-hybridized carbons (Fsp3) is 0.286. The Morgan fingerprint density at radius 3 is 2.59 bits per heavy atom. The fourth-order valence-electron chi connectivity index (χ4n) is 1.80. The standard InChI is InChI=1S/C14H14BrCl2N3OS/c1-3-19(4-2)14(21)20-8-10(15)13(18-20)22-9-5-6-11(16)12(17)7-9/h5-8H,3-4H2,1-2H3. The van der Waals surface area contributed by atoms with Crippen molar-refractivity contribution in [3.63, 3.8) is 0 Å². The zero-order valence-corrected chi connectivity index (χ0v) is 15.9. The van der Waals surface area contributed by atoms with Gasteiger partial charge in [-0.1, -0.05) is 35.0 Å². The average Bonchev–Trinajstić information content (AvgIpc) is 2.85. The highest BCUT2D eigenvalue weighted by molar-refractivity contribution is 9.10. The van der Waals surface area contributed by atoms with E-state index in [4.69, 9.17) is 23.2 Å². The lowest BCUT2D eigenvalue weighted by molar-refractivity contribution is 0.201. The second-order valence-electron chi connectivity index (χ2n) is 4.36. The molecule has 4 nitrogen and oxygen atoms in total. The lowest BCUT2D eigenvalue weighted by Crippen LogP contribution is -2.34. The largest absolute Gasteiger partial charge is 0.344 e. The molecule has 0 radical (unpaired) electrons. The Morgan fingerprint density at radius 1 is 1.32 bits per heavy atom. The smallest absolute Gasteiger partial charge is 0.323 e. The van der Waals surface area contributed by atoms with E-state index in [0.29, 0.717) is 28.2 Å². The zero-order chi connectivity index (χ0) is 16.3. The third kappa shape index (κ3) is 3.98. The van der Waals surface area contributed by atoms with Crippen LogP contribution in [0.25, 0.3) is 0 Å². The molecule has 1 amide bonds. The van der Waals surface area contributed by atoms with Crippen molar-refractivity contribution in [2.45, 2.75) is 23.8 Å². The van der Waals surface area contributed by atoms with Gasteiger partial charge >= 0.3 is 6.03 Å². The number of carbonyl (C=O) groups is 1. The maximum atomic E-state index is 12.3. The molecule has 0 fully saturated rings. The lowest BCUT2D eigenvalue weighted by atomic mass is 10.4. The number of hydrogen-bond acceptors (Lipinski definition) is 3. The lowest BCUT2D eigenvalue weighted by Gasteiger charge is -2.17. The summed E-state index contributed by atoms with van der Waals surface area (Å²) in [6, 6.07) is 5.22. The van der Waals surface area contributed by atoms with Crippen molar-refractivity contribution >= 4 is 56.9 Å². The first-order chi connectivity index (χ1) is 10.5. The van der Waals surface area contributed by atoms with Gasteiger partial charge in [0.25, 0.3) is 0 Å². The maximum absolute atomic E-state index is 12.3. The highest BCUT2D eigenvalue weighted by atomic mass is 79.9. The SMILES string of the molecule is CCN(CC)C(=O)n1cc(Br)c(Sc2ccc(Cl)c(Cl)c2)n1. The Morgan fingerprint density at radius 2 is 2.00 bits per heavy atom. The number of carbonyl (C=O) groups excluding carboxylic acids is 1. The van der Waals surface area contributed by atoms with Gasteiger partial charge in [-0.15, -0.1) is 0 Å². The molecule has 0 spiro atoms. The fourth-order valence-corrected chi connectivity index (χ4v) is 3.49.